The first kappa shape index (κ1) is 16.9. The van der Waals surface area contributed by atoms with Gasteiger partial charge in [0.1, 0.15) is 5.75 Å². The Morgan fingerprint density at radius 3 is 2.44 bits per heavy atom. The van der Waals surface area contributed by atoms with E-state index in [0.717, 1.165) is 10.9 Å². The highest BCUT2D eigenvalue weighted by atomic mass is 16.5. The van der Waals surface area contributed by atoms with E-state index in [9.17, 15) is 9.90 Å². The summed E-state index contributed by atoms with van der Waals surface area (Å²) in [6, 6.07) is 24.7. The van der Waals surface area contributed by atoms with Gasteiger partial charge in [-0.05, 0) is 35.4 Å². The fourth-order valence-corrected chi connectivity index (χ4v) is 3.20. The third-order valence-electron chi connectivity index (χ3n) is 4.43. The smallest absolute Gasteiger partial charge is 0.315 e. The van der Waals surface area contributed by atoms with Crippen molar-refractivity contribution < 1.29 is 14.6 Å². The number of hydrogen-bond acceptors (Lipinski definition) is 3. The normalized spacial score (nSPS) is 10.8. The number of carbonyl (C=O) groups excluding carboxylic acids is 1. The Morgan fingerprint density at radius 2 is 1.63 bits per heavy atom. The highest BCUT2D eigenvalue weighted by Crippen LogP contribution is 2.29. The van der Waals surface area contributed by atoms with Crippen LogP contribution in [0, 0.1) is 0 Å². The summed E-state index contributed by atoms with van der Waals surface area (Å²) >= 11 is 0. The van der Waals surface area contributed by atoms with Crippen molar-refractivity contribution in [1.29, 1.82) is 0 Å². The maximum Gasteiger partial charge on any atom is 0.315 e. The summed E-state index contributed by atoms with van der Waals surface area (Å²) in [4.78, 5) is 12.4. The average Bonchev–Trinajstić information content (AvgIpc) is 3.00. The first-order valence-corrected chi connectivity index (χ1v) is 8.79. The van der Waals surface area contributed by atoms with Gasteiger partial charge in [-0.3, -0.25) is 4.79 Å². The van der Waals surface area contributed by atoms with E-state index in [1.54, 1.807) is 24.3 Å². The SMILES string of the molecule is O=C(Cc1cccc(O)c1)Oc1cn(Cc2ccccc2)c2ccccc12. The number of para-hydroxylation sites is 1. The van der Waals surface area contributed by atoms with Gasteiger partial charge in [-0.25, -0.2) is 0 Å². The summed E-state index contributed by atoms with van der Waals surface area (Å²) in [6.07, 6.45) is 1.98. The number of hydrogen-bond donors (Lipinski definition) is 1. The number of carbonyl (C=O) groups is 1. The number of phenolic OH excluding ortho intramolecular Hbond substituents is 1. The van der Waals surface area contributed by atoms with E-state index in [-0.39, 0.29) is 18.1 Å². The molecule has 4 nitrogen and oxygen atoms in total. The quantitative estimate of drug-likeness (QED) is 0.533. The van der Waals surface area contributed by atoms with Gasteiger partial charge in [-0.15, -0.1) is 0 Å². The van der Waals surface area contributed by atoms with Crippen LogP contribution in [0.5, 0.6) is 11.5 Å². The maximum absolute atomic E-state index is 12.4. The summed E-state index contributed by atoms with van der Waals surface area (Å²) < 4.78 is 7.73. The standard InChI is InChI=1S/C23H19NO3/c25-19-10-6-9-18(13-19)14-23(26)27-22-16-24(15-17-7-2-1-3-8-17)21-12-5-4-11-20(21)22/h1-13,16,25H,14-15H2. The van der Waals surface area contributed by atoms with Crippen molar-refractivity contribution in [2.24, 2.45) is 0 Å². The Morgan fingerprint density at radius 1 is 0.889 bits per heavy atom. The van der Waals surface area contributed by atoms with Crippen molar-refractivity contribution in [3.63, 3.8) is 0 Å². The minimum absolute atomic E-state index is 0.104. The number of benzene rings is 3. The summed E-state index contributed by atoms with van der Waals surface area (Å²) in [5.41, 5.74) is 2.91. The number of ether oxygens (including phenoxy) is 1. The number of phenols is 1. The Labute approximate surface area is 157 Å². The van der Waals surface area contributed by atoms with Crippen LogP contribution in [0.1, 0.15) is 11.1 Å². The maximum atomic E-state index is 12.4. The Bertz CT molecular complexity index is 1080. The first-order chi connectivity index (χ1) is 13.2. The van der Waals surface area contributed by atoms with Crippen molar-refractivity contribution in [2.45, 2.75) is 13.0 Å². The first-order valence-electron chi connectivity index (χ1n) is 8.79. The van der Waals surface area contributed by atoms with Crippen LogP contribution < -0.4 is 4.74 Å². The second-order valence-electron chi connectivity index (χ2n) is 6.44. The van der Waals surface area contributed by atoms with Crippen LogP contribution >= 0.6 is 0 Å². The lowest BCUT2D eigenvalue weighted by atomic mass is 10.1. The van der Waals surface area contributed by atoms with E-state index in [1.807, 2.05) is 48.7 Å². The second-order valence-corrected chi connectivity index (χ2v) is 6.44. The molecule has 4 aromatic rings. The Kier molecular flexibility index (Phi) is 4.62. The van der Waals surface area contributed by atoms with Crippen LogP contribution in [0.15, 0.2) is 85.1 Å². The molecule has 3 aromatic carbocycles. The fraction of sp³-hybridized carbons (Fsp3) is 0.0870. The predicted molar refractivity (Wildman–Crippen MR) is 105 cm³/mol. The van der Waals surface area contributed by atoms with E-state index < -0.39 is 0 Å². The van der Waals surface area contributed by atoms with E-state index in [1.165, 1.54) is 5.56 Å². The van der Waals surface area contributed by atoms with Gasteiger partial charge in [-0.1, -0.05) is 54.6 Å². The van der Waals surface area contributed by atoms with Crippen LogP contribution in [0.3, 0.4) is 0 Å². The lowest BCUT2D eigenvalue weighted by Gasteiger charge is -2.05. The molecule has 0 aliphatic carbocycles. The molecule has 0 aliphatic heterocycles. The zero-order valence-corrected chi connectivity index (χ0v) is 14.7. The Hall–Kier alpha value is -3.53. The van der Waals surface area contributed by atoms with Gasteiger partial charge in [0.25, 0.3) is 0 Å². The van der Waals surface area contributed by atoms with Gasteiger partial charge in [0.05, 0.1) is 11.9 Å². The fourth-order valence-electron chi connectivity index (χ4n) is 3.20. The van der Waals surface area contributed by atoms with E-state index in [2.05, 4.69) is 16.7 Å². The summed E-state index contributed by atoms with van der Waals surface area (Å²) in [6.45, 7) is 0.700. The van der Waals surface area contributed by atoms with Crippen molar-refractivity contribution in [2.75, 3.05) is 0 Å². The molecule has 0 spiro atoms. The molecule has 27 heavy (non-hydrogen) atoms. The average molecular weight is 357 g/mol. The third kappa shape index (κ3) is 3.85. The molecule has 1 N–H and O–H groups in total. The monoisotopic (exact) mass is 357 g/mol. The molecule has 0 saturated heterocycles. The molecule has 4 rings (SSSR count). The van der Waals surface area contributed by atoms with Gasteiger partial charge in [0.2, 0.25) is 0 Å². The van der Waals surface area contributed by atoms with Crippen LogP contribution in [0.2, 0.25) is 0 Å². The number of esters is 1. The van der Waals surface area contributed by atoms with Crippen LogP contribution in [0.25, 0.3) is 10.9 Å². The van der Waals surface area contributed by atoms with Crippen molar-refractivity contribution in [3.8, 4) is 11.5 Å². The molecule has 0 radical (unpaired) electrons. The third-order valence-corrected chi connectivity index (χ3v) is 4.43. The van der Waals surface area contributed by atoms with E-state index in [4.69, 9.17) is 4.74 Å². The minimum atomic E-state index is -0.358. The number of nitrogens with zero attached hydrogens (tertiary/aromatic N) is 1. The largest absolute Gasteiger partial charge is 0.508 e. The molecule has 0 atom stereocenters. The van der Waals surface area contributed by atoms with Gasteiger partial charge < -0.3 is 14.4 Å². The van der Waals surface area contributed by atoms with Gasteiger partial charge in [0, 0.05) is 18.1 Å². The highest BCUT2D eigenvalue weighted by molar-refractivity contribution is 5.89. The van der Waals surface area contributed by atoms with Gasteiger partial charge >= 0.3 is 5.97 Å². The number of fused-ring (bicyclic) bond motifs is 1. The van der Waals surface area contributed by atoms with Crippen LogP contribution in [0.4, 0.5) is 0 Å². The lowest BCUT2D eigenvalue weighted by molar-refractivity contribution is -0.133. The van der Waals surface area contributed by atoms with Crippen LogP contribution in [-0.4, -0.2) is 15.6 Å². The molecule has 1 heterocycles. The van der Waals surface area contributed by atoms with Gasteiger partial charge in [-0.2, -0.15) is 0 Å². The molecule has 0 unspecified atom stereocenters. The molecule has 134 valence electrons. The molecule has 0 aliphatic rings. The molecule has 0 fully saturated rings. The predicted octanol–water partition coefficient (Wildman–Crippen LogP) is 4.54. The van der Waals surface area contributed by atoms with E-state index in [0.29, 0.717) is 17.9 Å². The van der Waals surface area contributed by atoms with Crippen molar-refractivity contribution >= 4 is 16.9 Å². The molecule has 0 saturated carbocycles. The number of rotatable bonds is 5. The molecule has 0 bridgehead atoms. The van der Waals surface area contributed by atoms with E-state index >= 15 is 0 Å². The minimum Gasteiger partial charge on any atom is -0.508 e. The summed E-state index contributed by atoms with van der Waals surface area (Å²) in [5.74, 6) is 0.328. The van der Waals surface area contributed by atoms with Crippen molar-refractivity contribution in [1.82, 2.24) is 4.57 Å². The molecule has 4 heteroatoms. The molecular formula is C23H19NO3. The molecule has 1 aromatic heterocycles. The van der Waals surface area contributed by atoms with Gasteiger partial charge in [0.15, 0.2) is 5.75 Å². The number of aromatic hydroxyl groups is 1. The summed E-state index contributed by atoms with van der Waals surface area (Å²) in [7, 11) is 0. The molecular weight excluding hydrogens is 338 g/mol. The van der Waals surface area contributed by atoms with Crippen molar-refractivity contribution in [3.05, 3.63) is 96.2 Å². The number of aromatic nitrogens is 1. The topological polar surface area (TPSA) is 51.5 Å². The Balaban J connectivity index is 1.59. The zero-order valence-electron chi connectivity index (χ0n) is 14.7. The van der Waals surface area contributed by atoms with Crippen LogP contribution in [-0.2, 0) is 17.8 Å². The molecule has 0 amide bonds. The lowest BCUT2D eigenvalue weighted by Crippen LogP contribution is -2.11. The summed E-state index contributed by atoms with van der Waals surface area (Å²) in [5, 5.41) is 10.4. The zero-order chi connectivity index (χ0) is 18.6. The second kappa shape index (κ2) is 7.38. The highest BCUT2D eigenvalue weighted by Gasteiger charge is 2.14.